The van der Waals surface area contributed by atoms with E-state index in [4.69, 9.17) is 4.98 Å². The van der Waals surface area contributed by atoms with Crippen LogP contribution in [0, 0.1) is 11.3 Å². The zero-order valence-electron chi connectivity index (χ0n) is 20.0. The van der Waals surface area contributed by atoms with E-state index in [1.807, 2.05) is 34.2 Å². The Morgan fingerprint density at radius 2 is 1.97 bits per heavy atom. The molecule has 2 fully saturated rings. The number of pyridine rings is 1. The topological polar surface area (TPSA) is 66.4 Å². The molecule has 0 bridgehead atoms. The van der Waals surface area contributed by atoms with E-state index in [9.17, 15) is 9.59 Å². The zero-order chi connectivity index (χ0) is 23.7. The van der Waals surface area contributed by atoms with E-state index in [2.05, 4.69) is 31.0 Å². The highest BCUT2D eigenvalue weighted by atomic mass is 32.1. The van der Waals surface area contributed by atoms with Gasteiger partial charge in [-0.1, -0.05) is 37.3 Å². The molecule has 0 radical (unpaired) electrons. The molecule has 34 heavy (non-hydrogen) atoms. The second-order valence-corrected chi connectivity index (χ2v) is 11.1. The Hall–Kier alpha value is -2.80. The molecule has 1 aliphatic carbocycles. The molecule has 7 heteroatoms. The molecule has 6 nitrogen and oxygen atoms in total. The fourth-order valence-corrected chi connectivity index (χ4v) is 5.70. The van der Waals surface area contributed by atoms with Crippen LogP contribution in [0.15, 0.2) is 42.7 Å². The predicted octanol–water partition coefficient (Wildman–Crippen LogP) is 5.22. The standard InChI is InChI=1S/C27H32N4O2S/c1-3-19-6-7-22-23(15-19)34-26(29-22)31(18-20-5-4-12-28-17-20)25(33)21-8-13-30(14-9-21)24(32)16-27(2)10-11-27/h4-7,12,15,17,21H,3,8-11,13-14,16,18H2,1-2H3. The van der Waals surface area contributed by atoms with Gasteiger partial charge in [0.2, 0.25) is 11.8 Å². The van der Waals surface area contributed by atoms with Gasteiger partial charge in [0.25, 0.3) is 0 Å². The molecular weight excluding hydrogens is 444 g/mol. The van der Waals surface area contributed by atoms with Crippen molar-refractivity contribution < 1.29 is 9.59 Å². The van der Waals surface area contributed by atoms with E-state index in [-0.39, 0.29) is 23.1 Å². The van der Waals surface area contributed by atoms with Gasteiger partial charge in [-0.15, -0.1) is 0 Å². The monoisotopic (exact) mass is 476 g/mol. The number of fused-ring (bicyclic) bond motifs is 1. The maximum Gasteiger partial charge on any atom is 0.232 e. The average molecular weight is 477 g/mol. The summed E-state index contributed by atoms with van der Waals surface area (Å²) in [4.78, 5) is 39.3. The largest absolute Gasteiger partial charge is 0.343 e. The summed E-state index contributed by atoms with van der Waals surface area (Å²) in [7, 11) is 0. The number of aryl methyl sites for hydroxylation is 1. The summed E-state index contributed by atoms with van der Waals surface area (Å²) in [5.74, 6) is 0.242. The summed E-state index contributed by atoms with van der Waals surface area (Å²) in [6, 6.07) is 10.2. The van der Waals surface area contributed by atoms with Crippen molar-refractivity contribution in [3.05, 3.63) is 53.9 Å². The Morgan fingerprint density at radius 1 is 1.18 bits per heavy atom. The van der Waals surface area contributed by atoms with Crippen molar-refractivity contribution in [2.24, 2.45) is 11.3 Å². The lowest BCUT2D eigenvalue weighted by Gasteiger charge is -2.34. The molecule has 1 saturated heterocycles. The zero-order valence-corrected chi connectivity index (χ0v) is 20.8. The minimum atomic E-state index is -0.101. The predicted molar refractivity (Wildman–Crippen MR) is 136 cm³/mol. The molecule has 5 rings (SSSR count). The minimum Gasteiger partial charge on any atom is -0.343 e. The lowest BCUT2D eigenvalue weighted by molar-refractivity contribution is -0.136. The smallest absolute Gasteiger partial charge is 0.232 e. The molecule has 2 amide bonds. The van der Waals surface area contributed by atoms with Crippen molar-refractivity contribution in [2.75, 3.05) is 18.0 Å². The molecule has 0 spiro atoms. The van der Waals surface area contributed by atoms with Gasteiger partial charge in [0.15, 0.2) is 5.13 Å². The number of piperidine rings is 1. The van der Waals surface area contributed by atoms with E-state index in [1.165, 1.54) is 5.56 Å². The lowest BCUT2D eigenvalue weighted by atomic mass is 9.94. The van der Waals surface area contributed by atoms with Crippen LogP contribution in [0.5, 0.6) is 0 Å². The van der Waals surface area contributed by atoms with Crippen molar-refractivity contribution >= 4 is 38.5 Å². The third-order valence-corrected chi connectivity index (χ3v) is 8.33. The van der Waals surface area contributed by atoms with Gasteiger partial charge in [-0.2, -0.15) is 0 Å². The maximum absolute atomic E-state index is 13.8. The highest BCUT2D eigenvalue weighted by molar-refractivity contribution is 7.22. The Balaban J connectivity index is 1.34. The first-order chi connectivity index (χ1) is 16.4. The second-order valence-electron chi connectivity index (χ2n) is 10.1. The van der Waals surface area contributed by atoms with Crippen LogP contribution in [0.25, 0.3) is 10.2 Å². The molecule has 3 heterocycles. The van der Waals surface area contributed by atoms with Gasteiger partial charge in [-0.05, 0) is 66.8 Å². The SMILES string of the molecule is CCc1ccc2nc(N(Cc3cccnc3)C(=O)C3CCN(C(=O)CC4(C)CC4)CC3)sc2c1. The van der Waals surface area contributed by atoms with Gasteiger partial charge < -0.3 is 4.90 Å². The molecular formula is C27H32N4O2S. The van der Waals surface area contributed by atoms with Crippen LogP contribution < -0.4 is 4.90 Å². The molecule has 2 aromatic heterocycles. The van der Waals surface area contributed by atoms with Gasteiger partial charge in [0, 0.05) is 37.8 Å². The Kier molecular flexibility index (Phi) is 6.38. The highest BCUT2D eigenvalue weighted by Crippen LogP contribution is 2.48. The molecule has 1 saturated carbocycles. The number of anilines is 1. The number of nitrogens with zero attached hydrogens (tertiary/aromatic N) is 4. The number of hydrogen-bond donors (Lipinski definition) is 0. The Bertz CT molecular complexity index is 1180. The van der Waals surface area contributed by atoms with Crippen LogP contribution in [0.2, 0.25) is 0 Å². The molecule has 1 aromatic carbocycles. The number of hydrogen-bond acceptors (Lipinski definition) is 5. The summed E-state index contributed by atoms with van der Waals surface area (Å²) in [5, 5.41) is 0.734. The first kappa shape index (κ1) is 23.0. The number of thiazole rings is 1. The summed E-state index contributed by atoms with van der Waals surface area (Å²) in [6.07, 6.45) is 8.88. The van der Waals surface area contributed by atoms with Crippen molar-refractivity contribution in [1.29, 1.82) is 0 Å². The van der Waals surface area contributed by atoms with Gasteiger partial charge in [-0.25, -0.2) is 4.98 Å². The van der Waals surface area contributed by atoms with Crippen LogP contribution in [-0.2, 0) is 22.6 Å². The average Bonchev–Trinajstić information content (AvgIpc) is 3.43. The molecule has 0 unspecified atom stereocenters. The lowest BCUT2D eigenvalue weighted by Crippen LogP contribution is -2.44. The number of carbonyl (C=O) groups excluding carboxylic acids is 2. The summed E-state index contributed by atoms with van der Waals surface area (Å²) < 4.78 is 1.10. The number of carbonyl (C=O) groups is 2. The molecule has 0 atom stereocenters. The van der Waals surface area contributed by atoms with Gasteiger partial charge in [-0.3, -0.25) is 19.5 Å². The highest BCUT2D eigenvalue weighted by Gasteiger charge is 2.41. The summed E-state index contributed by atoms with van der Waals surface area (Å²) in [6.45, 7) is 6.10. The van der Waals surface area contributed by atoms with Crippen LogP contribution >= 0.6 is 11.3 Å². The quantitative estimate of drug-likeness (QED) is 0.469. The van der Waals surface area contributed by atoms with Crippen molar-refractivity contribution in [3.8, 4) is 0 Å². The van der Waals surface area contributed by atoms with Crippen LogP contribution in [0.3, 0.4) is 0 Å². The van der Waals surface area contributed by atoms with Crippen LogP contribution in [-0.4, -0.2) is 39.8 Å². The fourth-order valence-electron chi connectivity index (χ4n) is 4.67. The number of amides is 2. The minimum absolute atomic E-state index is 0.0971. The first-order valence-corrected chi connectivity index (χ1v) is 13.1. The third kappa shape index (κ3) is 4.99. The summed E-state index contributed by atoms with van der Waals surface area (Å²) in [5.41, 5.74) is 3.39. The number of benzene rings is 1. The fraction of sp³-hybridized carbons (Fsp3) is 0.481. The van der Waals surface area contributed by atoms with E-state index < -0.39 is 0 Å². The number of rotatable bonds is 7. The molecule has 3 aromatic rings. The van der Waals surface area contributed by atoms with E-state index in [0.29, 0.717) is 38.9 Å². The van der Waals surface area contributed by atoms with E-state index in [1.54, 1.807) is 17.5 Å². The van der Waals surface area contributed by atoms with Crippen molar-refractivity contribution in [2.45, 2.75) is 58.9 Å². The second kappa shape index (κ2) is 9.45. The third-order valence-electron chi connectivity index (χ3n) is 7.29. The van der Waals surface area contributed by atoms with Gasteiger partial charge in [0.05, 0.1) is 16.8 Å². The molecule has 1 aliphatic heterocycles. The van der Waals surface area contributed by atoms with Crippen molar-refractivity contribution in [1.82, 2.24) is 14.9 Å². The van der Waals surface area contributed by atoms with Gasteiger partial charge >= 0.3 is 0 Å². The van der Waals surface area contributed by atoms with E-state index >= 15 is 0 Å². The summed E-state index contributed by atoms with van der Waals surface area (Å²) >= 11 is 1.57. The molecule has 2 aliphatic rings. The first-order valence-electron chi connectivity index (χ1n) is 12.3. The Morgan fingerprint density at radius 3 is 2.65 bits per heavy atom. The van der Waals surface area contributed by atoms with E-state index in [0.717, 1.165) is 40.2 Å². The van der Waals surface area contributed by atoms with Crippen LogP contribution in [0.4, 0.5) is 5.13 Å². The normalized spacial score (nSPS) is 17.6. The Labute approximate surface area is 205 Å². The molecule has 0 N–H and O–H groups in total. The van der Waals surface area contributed by atoms with Crippen LogP contribution in [0.1, 0.15) is 57.1 Å². The number of aromatic nitrogens is 2. The van der Waals surface area contributed by atoms with Gasteiger partial charge in [0.1, 0.15) is 0 Å². The molecule has 178 valence electrons. The maximum atomic E-state index is 13.8. The number of likely N-dealkylation sites (tertiary alicyclic amines) is 1. The van der Waals surface area contributed by atoms with Crippen molar-refractivity contribution in [3.63, 3.8) is 0 Å².